The molecule has 0 aliphatic carbocycles. The molecule has 0 bridgehead atoms. The summed E-state index contributed by atoms with van der Waals surface area (Å²) in [4.78, 5) is 37.2. The van der Waals surface area contributed by atoms with Gasteiger partial charge in [0, 0.05) is 29.8 Å². The first-order valence-corrected chi connectivity index (χ1v) is 11.8. The van der Waals surface area contributed by atoms with Crippen LogP contribution in [-0.2, 0) is 6.42 Å². The van der Waals surface area contributed by atoms with Crippen molar-refractivity contribution in [1.82, 2.24) is 15.5 Å². The van der Waals surface area contributed by atoms with Gasteiger partial charge in [-0.15, -0.1) is 10.2 Å². The molecule has 176 valence electrons. The van der Waals surface area contributed by atoms with Crippen molar-refractivity contribution in [3.8, 4) is 0 Å². The van der Waals surface area contributed by atoms with Crippen molar-refractivity contribution in [2.75, 3.05) is 17.2 Å². The van der Waals surface area contributed by atoms with Crippen molar-refractivity contribution in [3.63, 3.8) is 0 Å². The lowest BCUT2D eigenvalue weighted by Crippen LogP contribution is -2.25. The van der Waals surface area contributed by atoms with E-state index >= 15 is 0 Å². The molecule has 0 aliphatic heterocycles. The predicted octanol–water partition coefficient (Wildman–Crippen LogP) is 4.67. The van der Waals surface area contributed by atoms with Gasteiger partial charge in [-0.1, -0.05) is 59.3 Å². The van der Waals surface area contributed by atoms with E-state index in [1.165, 1.54) is 11.3 Å². The van der Waals surface area contributed by atoms with Crippen LogP contribution in [0.4, 0.5) is 10.8 Å². The molecule has 3 N–H and O–H groups in total. The Bertz CT molecular complexity index is 1360. The fourth-order valence-electron chi connectivity index (χ4n) is 3.13. The first kappa shape index (κ1) is 24.1. The second-order valence-corrected chi connectivity index (χ2v) is 8.81. The summed E-state index contributed by atoms with van der Waals surface area (Å²) in [6.45, 7) is 0.343. The number of nitrogens with zero attached hydrogens (tertiary/aromatic N) is 2. The largest absolute Gasteiger partial charge is 0.352 e. The average Bonchev–Trinajstić information content (AvgIpc) is 3.32. The molecule has 1 aromatic heterocycles. The molecule has 1 heterocycles. The molecule has 3 amide bonds. The van der Waals surface area contributed by atoms with Gasteiger partial charge in [0.05, 0.1) is 10.6 Å². The molecule has 3 aromatic carbocycles. The number of rotatable bonds is 8. The van der Waals surface area contributed by atoms with Gasteiger partial charge in [-0.2, -0.15) is 0 Å². The number of hydrogen-bond acceptors (Lipinski definition) is 6. The van der Waals surface area contributed by atoms with E-state index in [1.807, 2.05) is 6.07 Å². The number of anilines is 2. The molecule has 4 rings (SSSR count). The Balaban J connectivity index is 1.30. The molecule has 10 heteroatoms. The minimum Gasteiger partial charge on any atom is -0.352 e. The fourth-order valence-corrected chi connectivity index (χ4v) is 4.08. The molecule has 0 unspecified atom stereocenters. The maximum absolute atomic E-state index is 12.7. The normalized spacial score (nSPS) is 10.4. The van der Waals surface area contributed by atoms with Crippen LogP contribution < -0.4 is 16.0 Å². The highest BCUT2D eigenvalue weighted by Crippen LogP contribution is 2.19. The van der Waals surface area contributed by atoms with Gasteiger partial charge in [-0.05, 0) is 42.5 Å². The highest BCUT2D eigenvalue weighted by atomic mass is 35.5. The van der Waals surface area contributed by atoms with E-state index in [0.29, 0.717) is 50.5 Å². The summed E-state index contributed by atoms with van der Waals surface area (Å²) >= 11 is 7.26. The van der Waals surface area contributed by atoms with E-state index in [-0.39, 0.29) is 17.7 Å². The summed E-state index contributed by atoms with van der Waals surface area (Å²) in [6.07, 6.45) is 0.449. The molecule has 0 fully saturated rings. The molecule has 0 saturated carbocycles. The number of amides is 3. The minimum absolute atomic E-state index is 0.265. The van der Waals surface area contributed by atoms with Crippen LogP contribution >= 0.6 is 22.9 Å². The Morgan fingerprint density at radius 3 is 2.29 bits per heavy atom. The number of nitrogens with one attached hydrogen (secondary N) is 3. The topological polar surface area (TPSA) is 113 Å². The number of carbonyl (C=O) groups is 3. The Labute approximate surface area is 210 Å². The Morgan fingerprint density at radius 2 is 1.49 bits per heavy atom. The molecule has 0 atom stereocenters. The molecular weight excluding hydrogens is 486 g/mol. The monoisotopic (exact) mass is 505 g/mol. The van der Waals surface area contributed by atoms with E-state index in [9.17, 15) is 14.4 Å². The third-order valence-electron chi connectivity index (χ3n) is 4.85. The van der Waals surface area contributed by atoms with Gasteiger partial charge in [0.2, 0.25) is 5.13 Å². The van der Waals surface area contributed by atoms with Gasteiger partial charge in [0.25, 0.3) is 17.7 Å². The number of aromatic nitrogens is 2. The highest BCUT2D eigenvalue weighted by molar-refractivity contribution is 7.15. The van der Waals surface area contributed by atoms with Gasteiger partial charge in [0.1, 0.15) is 5.01 Å². The molecule has 0 aliphatic rings. The number of halogens is 1. The zero-order valence-corrected chi connectivity index (χ0v) is 19.9. The van der Waals surface area contributed by atoms with Crippen LogP contribution in [0.15, 0.2) is 78.9 Å². The standard InChI is InChI=1S/C25H20ClN5O3S/c26-20-12-5-4-11-19(20)24(34)27-14-13-21-30-31-25(35-21)29-23(33)17-9-6-10-18(15-17)28-22(32)16-7-2-1-3-8-16/h1-12,15H,13-14H2,(H,27,34)(H,28,32)(H,29,31,33). The van der Waals surface area contributed by atoms with Gasteiger partial charge in [-0.25, -0.2) is 0 Å². The van der Waals surface area contributed by atoms with Crippen LogP contribution in [0.2, 0.25) is 5.02 Å². The quantitative estimate of drug-likeness (QED) is 0.322. The van der Waals surface area contributed by atoms with Crippen LogP contribution in [0.1, 0.15) is 36.1 Å². The summed E-state index contributed by atoms with van der Waals surface area (Å²) in [7, 11) is 0. The third-order valence-corrected chi connectivity index (χ3v) is 6.08. The van der Waals surface area contributed by atoms with Crippen molar-refractivity contribution < 1.29 is 14.4 Å². The molecule has 8 nitrogen and oxygen atoms in total. The third kappa shape index (κ3) is 6.50. The summed E-state index contributed by atoms with van der Waals surface area (Å²) in [6, 6.07) is 22.2. The number of carbonyl (C=O) groups excluding carboxylic acids is 3. The van der Waals surface area contributed by atoms with Gasteiger partial charge in [-0.3, -0.25) is 19.7 Å². The summed E-state index contributed by atoms with van der Waals surface area (Å²) in [5.74, 6) is -0.915. The average molecular weight is 506 g/mol. The van der Waals surface area contributed by atoms with Gasteiger partial charge < -0.3 is 10.6 Å². The summed E-state index contributed by atoms with van der Waals surface area (Å²) in [5.41, 5.74) is 1.78. The second kappa shape index (κ2) is 11.4. The van der Waals surface area contributed by atoms with Crippen molar-refractivity contribution in [3.05, 3.63) is 106 Å². The van der Waals surface area contributed by atoms with Crippen LogP contribution in [0, 0.1) is 0 Å². The Kier molecular flexibility index (Phi) is 7.81. The SMILES string of the molecule is O=C(Nc1cccc(C(=O)Nc2nnc(CCNC(=O)c3ccccc3Cl)s2)c1)c1ccccc1. The molecule has 0 spiro atoms. The Morgan fingerprint density at radius 1 is 0.771 bits per heavy atom. The first-order valence-electron chi connectivity index (χ1n) is 10.6. The van der Waals surface area contributed by atoms with Crippen molar-refractivity contribution in [2.24, 2.45) is 0 Å². The zero-order chi connectivity index (χ0) is 24.6. The number of hydrogen-bond donors (Lipinski definition) is 3. The van der Waals surface area contributed by atoms with Gasteiger partial charge >= 0.3 is 0 Å². The van der Waals surface area contributed by atoms with E-state index in [1.54, 1.807) is 72.8 Å². The van der Waals surface area contributed by atoms with Crippen LogP contribution in [0.25, 0.3) is 0 Å². The number of benzene rings is 3. The lowest BCUT2D eigenvalue weighted by Gasteiger charge is -2.07. The predicted molar refractivity (Wildman–Crippen MR) is 136 cm³/mol. The highest BCUT2D eigenvalue weighted by Gasteiger charge is 2.13. The maximum Gasteiger partial charge on any atom is 0.257 e. The zero-order valence-electron chi connectivity index (χ0n) is 18.3. The lowest BCUT2D eigenvalue weighted by atomic mass is 10.1. The fraction of sp³-hybridized carbons (Fsp3) is 0.0800. The van der Waals surface area contributed by atoms with Crippen molar-refractivity contribution in [2.45, 2.75) is 6.42 Å². The molecule has 0 saturated heterocycles. The molecular formula is C25H20ClN5O3S. The first-order chi connectivity index (χ1) is 17.0. The molecule has 4 aromatic rings. The summed E-state index contributed by atoms with van der Waals surface area (Å²) < 4.78 is 0. The van der Waals surface area contributed by atoms with E-state index < -0.39 is 0 Å². The van der Waals surface area contributed by atoms with E-state index in [2.05, 4.69) is 26.1 Å². The van der Waals surface area contributed by atoms with Crippen LogP contribution in [0.5, 0.6) is 0 Å². The van der Waals surface area contributed by atoms with Crippen molar-refractivity contribution in [1.29, 1.82) is 0 Å². The van der Waals surface area contributed by atoms with E-state index in [4.69, 9.17) is 11.6 Å². The molecule has 35 heavy (non-hydrogen) atoms. The summed E-state index contributed by atoms with van der Waals surface area (Å²) in [5, 5.41) is 17.7. The Hall–Kier alpha value is -4.08. The van der Waals surface area contributed by atoms with Gasteiger partial charge in [0.15, 0.2) is 0 Å². The second-order valence-electron chi connectivity index (χ2n) is 7.34. The van der Waals surface area contributed by atoms with Crippen molar-refractivity contribution >= 4 is 51.5 Å². The van der Waals surface area contributed by atoms with E-state index in [0.717, 1.165) is 0 Å². The minimum atomic E-state index is -0.379. The maximum atomic E-state index is 12.7. The van der Waals surface area contributed by atoms with Crippen LogP contribution in [-0.4, -0.2) is 34.5 Å². The lowest BCUT2D eigenvalue weighted by molar-refractivity contribution is 0.0952. The van der Waals surface area contributed by atoms with Crippen LogP contribution in [0.3, 0.4) is 0 Å². The smallest absolute Gasteiger partial charge is 0.257 e. The molecule has 0 radical (unpaired) electrons.